The number of nitrogens with zero attached hydrogens (tertiary/aromatic N) is 1. The van der Waals surface area contributed by atoms with E-state index in [0.717, 1.165) is 120 Å². The Kier molecular flexibility index (Phi) is 14.8. The van der Waals surface area contributed by atoms with Crippen molar-refractivity contribution in [2.24, 2.45) is 0 Å². The molecule has 6 rings (SSSR count). The van der Waals surface area contributed by atoms with E-state index in [2.05, 4.69) is 34.5 Å². The average molecular weight is 615 g/mol. The van der Waals surface area contributed by atoms with Crippen LogP contribution < -0.4 is 5.32 Å². The second-order valence-corrected chi connectivity index (χ2v) is 11.5. The van der Waals surface area contributed by atoms with Gasteiger partial charge in [-0.2, -0.15) is 0 Å². The minimum Gasteiger partial charge on any atom is -0.464 e. The highest BCUT2D eigenvalue weighted by molar-refractivity contribution is 6.17. The number of ether oxygens (including phenoxy) is 2. The van der Waals surface area contributed by atoms with Crippen LogP contribution in [0.5, 0.6) is 0 Å². The SMILES string of the molecule is ClCCCOCCc1ccc2occc2c1.OC1CCN(CCCOCCc2ccc3occc3c2)C1.OC1CCNC1. The fraction of sp³-hybridized carbons (Fsp3) is 0.529. The Labute approximate surface area is 259 Å². The Hall–Kier alpha value is -2.43. The highest BCUT2D eigenvalue weighted by Gasteiger charge is 2.19. The first-order chi connectivity index (χ1) is 21.1. The molecule has 2 unspecified atom stereocenters. The van der Waals surface area contributed by atoms with Gasteiger partial charge in [-0.15, -0.1) is 11.6 Å². The summed E-state index contributed by atoms with van der Waals surface area (Å²) in [5, 5.41) is 23.4. The van der Waals surface area contributed by atoms with Gasteiger partial charge in [0.15, 0.2) is 0 Å². The third kappa shape index (κ3) is 12.2. The van der Waals surface area contributed by atoms with Crippen molar-refractivity contribution in [2.45, 2.75) is 50.7 Å². The minimum absolute atomic E-state index is 0.0648. The lowest BCUT2D eigenvalue weighted by molar-refractivity contribution is 0.122. The number of furan rings is 2. The molecule has 0 bridgehead atoms. The van der Waals surface area contributed by atoms with Crippen LogP contribution in [0.3, 0.4) is 0 Å². The normalized spacial score (nSPS) is 18.5. The second kappa shape index (κ2) is 19.1. The van der Waals surface area contributed by atoms with E-state index >= 15 is 0 Å². The van der Waals surface area contributed by atoms with E-state index in [0.29, 0.717) is 5.88 Å². The van der Waals surface area contributed by atoms with Crippen LogP contribution in [0.15, 0.2) is 69.9 Å². The largest absolute Gasteiger partial charge is 0.464 e. The topological polar surface area (TPSA) is 100 Å². The molecular formula is C34H47ClN2O6. The Morgan fingerprint density at radius 3 is 1.91 bits per heavy atom. The molecule has 0 spiro atoms. The van der Waals surface area contributed by atoms with E-state index in [-0.39, 0.29) is 12.2 Å². The standard InChI is InChI=1S/C17H23NO3.C13H15ClO2.C4H9NO/c19-16-4-8-18(13-16)7-1-9-20-10-5-14-2-3-17-15(12-14)6-11-21-17;14-6-1-7-15-8-4-11-2-3-13-12(10-11)5-9-16-13;6-4-1-2-5-3-4/h2-3,6,11-12,16,19H,1,4-5,7-10,13H2;2-3,5,9-10H,1,4,6-8H2;4-6H,1-3H2. The van der Waals surface area contributed by atoms with Crippen molar-refractivity contribution in [3.8, 4) is 0 Å². The smallest absolute Gasteiger partial charge is 0.133 e. The zero-order valence-corrected chi connectivity index (χ0v) is 25.9. The van der Waals surface area contributed by atoms with Crippen LogP contribution >= 0.6 is 11.6 Å². The molecule has 3 N–H and O–H groups in total. The Morgan fingerprint density at radius 2 is 1.42 bits per heavy atom. The zero-order valence-electron chi connectivity index (χ0n) is 25.1. The van der Waals surface area contributed by atoms with Gasteiger partial charge >= 0.3 is 0 Å². The van der Waals surface area contributed by atoms with Gasteiger partial charge in [0.1, 0.15) is 11.2 Å². The van der Waals surface area contributed by atoms with Crippen molar-refractivity contribution in [1.29, 1.82) is 0 Å². The number of hydrogen-bond acceptors (Lipinski definition) is 8. The molecule has 0 amide bonds. The third-order valence-corrected chi connectivity index (χ3v) is 7.84. The number of hydrogen-bond donors (Lipinski definition) is 3. The predicted octanol–water partition coefficient (Wildman–Crippen LogP) is 5.41. The molecule has 9 heteroatoms. The first-order valence-electron chi connectivity index (χ1n) is 15.5. The average Bonchev–Trinajstić information content (AvgIpc) is 3.84. The lowest BCUT2D eigenvalue weighted by atomic mass is 10.1. The van der Waals surface area contributed by atoms with E-state index in [4.69, 9.17) is 35.0 Å². The van der Waals surface area contributed by atoms with Crippen LogP contribution in [0.1, 0.15) is 36.8 Å². The number of β-amino-alcohol motifs (C(OH)–C–C–N with tert-alkyl or cyclic N) is 2. The number of aliphatic hydroxyl groups is 2. The van der Waals surface area contributed by atoms with Crippen molar-refractivity contribution >= 4 is 33.5 Å². The molecule has 43 heavy (non-hydrogen) atoms. The summed E-state index contributed by atoms with van der Waals surface area (Å²) in [6, 6.07) is 16.5. The number of nitrogens with one attached hydrogen (secondary N) is 1. The molecule has 2 aliphatic heterocycles. The van der Waals surface area contributed by atoms with E-state index in [9.17, 15) is 5.11 Å². The molecule has 236 valence electrons. The molecule has 0 saturated carbocycles. The summed E-state index contributed by atoms with van der Waals surface area (Å²) in [5.74, 6) is 0.668. The number of alkyl halides is 1. The fourth-order valence-corrected chi connectivity index (χ4v) is 5.24. The molecular weight excluding hydrogens is 568 g/mol. The van der Waals surface area contributed by atoms with Crippen LogP contribution in [0, 0.1) is 0 Å². The molecule has 2 aromatic carbocycles. The summed E-state index contributed by atoms with van der Waals surface area (Å²) in [4.78, 5) is 2.31. The van der Waals surface area contributed by atoms with Gasteiger partial charge in [0.05, 0.1) is 37.9 Å². The Morgan fingerprint density at radius 1 is 0.791 bits per heavy atom. The van der Waals surface area contributed by atoms with Gasteiger partial charge in [-0.3, -0.25) is 0 Å². The van der Waals surface area contributed by atoms with Gasteiger partial charge in [0.2, 0.25) is 0 Å². The third-order valence-electron chi connectivity index (χ3n) is 7.57. The molecule has 2 aliphatic rings. The molecule has 0 aliphatic carbocycles. The number of rotatable bonds is 13. The van der Waals surface area contributed by atoms with E-state index in [1.807, 2.05) is 24.3 Å². The van der Waals surface area contributed by atoms with E-state index in [1.54, 1.807) is 12.5 Å². The zero-order chi connectivity index (χ0) is 30.1. The maximum absolute atomic E-state index is 9.45. The van der Waals surface area contributed by atoms with Crippen LogP contribution in [0.2, 0.25) is 0 Å². The van der Waals surface area contributed by atoms with Gasteiger partial charge in [0.25, 0.3) is 0 Å². The number of halogens is 1. The molecule has 4 aromatic rings. The first kappa shape index (κ1) is 33.5. The molecule has 8 nitrogen and oxygen atoms in total. The van der Waals surface area contributed by atoms with Crippen molar-refractivity contribution < 1.29 is 28.5 Å². The molecule has 0 radical (unpaired) electrons. The van der Waals surface area contributed by atoms with Gasteiger partial charge in [-0.05, 0) is 92.6 Å². The van der Waals surface area contributed by atoms with Gasteiger partial charge in [-0.25, -0.2) is 0 Å². The summed E-state index contributed by atoms with van der Waals surface area (Å²) < 4.78 is 21.8. The summed E-state index contributed by atoms with van der Waals surface area (Å²) in [6.07, 6.45) is 8.92. The first-order valence-corrected chi connectivity index (χ1v) is 16.1. The lowest BCUT2D eigenvalue weighted by Gasteiger charge is -2.14. The van der Waals surface area contributed by atoms with Crippen molar-refractivity contribution in [3.63, 3.8) is 0 Å². The summed E-state index contributed by atoms with van der Waals surface area (Å²) in [7, 11) is 0. The van der Waals surface area contributed by atoms with Crippen molar-refractivity contribution in [2.75, 3.05) is 65.0 Å². The molecule has 2 atom stereocenters. The van der Waals surface area contributed by atoms with Crippen LogP contribution in [-0.2, 0) is 22.3 Å². The Balaban J connectivity index is 0.000000169. The Bertz CT molecular complexity index is 1300. The second-order valence-electron chi connectivity index (χ2n) is 11.1. The van der Waals surface area contributed by atoms with Gasteiger partial charge < -0.3 is 38.7 Å². The number of benzene rings is 2. The highest BCUT2D eigenvalue weighted by atomic mass is 35.5. The maximum Gasteiger partial charge on any atom is 0.133 e. The van der Waals surface area contributed by atoms with E-state index < -0.39 is 0 Å². The minimum atomic E-state index is -0.122. The van der Waals surface area contributed by atoms with Gasteiger partial charge in [0, 0.05) is 56.0 Å². The number of fused-ring (bicyclic) bond motifs is 2. The summed E-state index contributed by atoms with van der Waals surface area (Å²) in [5.41, 5.74) is 4.44. The molecule has 2 aromatic heterocycles. The highest BCUT2D eigenvalue weighted by Crippen LogP contribution is 2.18. The predicted molar refractivity (Wildman–Crippen MR) is 172 cm³/mol. The van der Waals surface area contributed by atoms with Crippen LogP contribution in [-0.4, -0.2) is 92.4 Å². The maximum atomic E-state index is 9.45. The number of likely N-dealkylation sites (tertiary alicyclic amines) is 1. The molecule has 2 saturated heterocycles. The van der Waals surface area contributed by atoms with Crippen LogP contribution in [0.25, 0.3) is 21.9 Å². The fourth-order valence-electron chi connectivity index (χ4n) is 5.13. The van der Waals surface area contributed by atoms with Crippen molar-refractivity contribution in [1.82, 2.24) is 10.2 Å². The molecule has 4 heterocycles. The van der Waals surface area contributed by atoms with Crippen LogP contribution in [0.4, 0.5) is 0 Å². The quantitative estimate of drug-likeness (QED) is 0.136. The monoisotopic (exact) mass is 614 g/mol. The van der Waals surface area contributed by atoms with Gasteiger partial charge in [-0.1, -0.05) is 12.1 Å². The lowest BCUT2D eigenvalue weighted by Crippen LogP contribution is -2.24. The summed E-state index contributed by atoms with van der Waals surface area (Å²) >= 11 is 5.56. The van der Waals surface area contributed by atoms with Crippen molar-refractivity contribution in [3.05, 3.63) is 72.2 Å². The number of aliphatic hydroxyl groups excluding tert-OH is 2. The summed E-state index contributed by atoms with van der Waals surface area (Å²) in [6.45, 7) is 7.69. The molecule has 2 fully saturated rings. The van der Waals surface area contributed by atoms with E-state index in [1.165, 1.54) is 11.1 Å².